The number of fused-ring (bicyclic) bond motifs is 5. The summed E-state index contributed by atoms with van der Waals surface area (Å²) in [6.45, 7) is 3.35. The summed E-state index contributed by atoms with van der Waals surface area (Å²) in [6.07, 6.45) is -0.0959. The quantitative estimate of drug-likeness (QED) is 0.514. The largest absolute Gasteiger partial charge is 0.445 e. The number of ketones is 1. The van der Waals surface area contributed by atoms with Crippen molar-refractivity contribution in [2.45, 2.75) is 68.2 Å². The van der Waals surface area contributed by atoms with E-state index in [0.717, 1.165) is 17.6 Å². The van der Waals surface area contributed by atoms with Gasteiger partial charge in [0, 0.05) is 34.2 Å². The number of aliphatic hydroxyl groups is 1. The van der Waals surface area contributed by atoms with E-state index in [4.69, 9.17) is 9.47 Å². The van der Waals surface area contributed by atoms with Crippen molar-refractivity contribution >= 4 is 41.2 Å². The molecule has 4 fully saturated rings. The highest BCUT2D eigenvalue weighted by atomic mass is 32.2. The molecule has 3 saturated carbocycles. The molecular formula is C26H31F3O6S2. The summed E-state index contributed by atoms with van der Waals surface area (Å²) in [7, 11) is 0. The monoisotopic (exact) mass is 560 g/mol. The smallest absolute Gasteiger partial charge is 0.353 e. The van der Waals surface area contributed by atoms with Gasteiger partial charge in [0.25, 0.3) is 0 Å². The molecule has 1 aliphatic heterocycles. The van der Waals surface area contributed by atoms with Crippen molar-refractivity contribution in [1.29, 1.82) is 0 Å². The van der Waals surface area contributed by atoms with Gasteiger partial charge < -0.3 is 14.6 Å². The molecule has 0 amide bonds. The number of thioether (sulfide) groups is 2. The third-order valence-electron chi connectivity index (χ3n) is 9.73. The Morgan fingerprint density at radius 3 is 2.51 bits per heavy atom. The lowest BCUT2D eigenvalue weighted by Gasteiger charge is -2.63. The van der Waals surface area contributed by atoms with Crippen LogP contribution in [0.5, 0.6) is 0 Å². The first-order valence-electron chi connectivity index (χ1n) is 12.5. The molecule has 0 radical (unpaired) electrons. The highest BCUT2D eigenvalue weighted by Crippen LogP contribution is 2.71. The normalized spacial score (nSPS) is 47.1. The summed E-state index contributed by atoms with van der Waals surface area (Å²) in [5.74, 6) is -3.16. The van der Waals surface area contributed by atoms with Crippen LogP contribution in [-0.4, -0.2) is 69.3 Å². The highest BCUT2D eigenvalue weighted by Gasteiger charge is 2.79. The fraction of sp³-hybridized carbons (Fsp3) is 0.731. The molecule has 5 aliphatic rings. The van der Waals surface area contributed by atoms with Crippen molar-refractivity contribution in [2.75, 3.05) is 18.4 Å². The molecule has 0 bridgehead atoms. The van der Waals surface area contributed by atoms with E-state index in [-0.39, 0.29) is 24.8 Å². The third kappa shape index (κ3) is 3.48. The summed E-state index contributed by atoms with van der Waals surface area (Å²) in [4.78, 5) is 38.7. The van der Waals surface area contributed by atoms with E-state index < -0.39 is 81.3 Å². The topological polar surface area (TPSA) is 89.9 Å². The van der Waals surface area contributed by atoms with Crippen LogP contribution in [0.3, 0.4) is 0 Å². The molecule has 5 rings (SSSR count). The first-order valence-corrected chi connectivity index (χ1v) is 14.6. The molecule has 1 N–H and O–H groups in total. The Kier molecular flexibility index (Phi) is 6.63. The molecule has 2 unspecified atom stereocenters. The van der Waals surface area contributed by atoms with Gasteiger partial charge in [-0.3, -0.25) is 4.79 Å². The van der Waals surface area contributed by atoms with Crippen LogP contribution >= 0.6 is 23.5 Å². The number of aliphatic hydroxyl groups excluding tert-OH is 1. The van der Waals surface area contributed by atoms with Crippen LogP contribution in [-0.2, 0) is 23.9 Å². The van der Waals surface area contributed by atoms with Crippen molar-refractivity contribution in [3.8, 4) is 0 Å². The van der Waals surface area contributed by atoms with E-state index in [9.17, 15) is 23.9 Å². The van der Waals surface area contributed by atoms with E-state index in [1.54, 1.807) is 13.8 Å². The van der Waals surface area contributed by atoms with Gasteiger partial charge in [-0.05, 0) is 49.8 Å². The lowest BCUT2D eigenvalue weighted by atomic mass is 9.44. The number of alkyl halides is 3. The Morgan fingerprint density at radius 1 is 1.19 bits per heavy atom. The maximum absolute atomic E-state index is 17.4. The van der Waals surface area contributed by atoms with Gasteiger partial charge >= 0.3 is 11.9 Å². The minimum Gasteiger partial charge on any atom is -0.445 e. The molecule has 9 atom stereocenters. The zero-order chi connectivity index (χ0) is 27.0. The molecule has 4 aliphatic carbocycles. The Labute approximate surface area is 222 Å². The minimum absolute atomic E-state index is 0.00254. The first-order chi connectivity index (χ1) is 17.4. The van der Waals surface area contributed by atoms with Crippen LogP contribution in [0.15, 0.2) is 23.8 Å². The predicted octanol–water partition coefficient (Wildman–Crippen LogP) is 4.11. The molecule has 0 aromatic heterocycles. The van der Waals surface area contributed by atoms with Crippen LogP contribution < -0.4 is 0 Å². The van der Waals surface area contributed by atoms with E-state index in [0.29, 0.717) is 0 Å². The maximum atomic E-state index is 17.4. The summed E-state index contributed by atoms with van der Waals surface area (Å²) < 4.78 is 56.6. The number of rotatable bonds is 4. The summed E-state index contributed by atoms with van der Waals surface area (Å²) in [5, 5.41) is 11.5. The number of ether oxygens (including phenoxy) is 2. The Morgan fingerprint density at radius 2 is 1.86 bits per heavy atom. The van der Waals surface area contributed by atoms with E-state index in [1.165, 1.54) is 42.6 Å². The first kappa shape index (κ1) is 27.1. The second-order valence-electron chi connectivity index (χ2n) is 11.3. The second-order valence-corrected chi connectivity index (χ2v) is 14.0. The zero-order valence-corrected chi connectivity index (χ0v) is 22.5. The fourth-order valence-electron chi connectivity index (χ4n) is 8.08. The molecule has 6 nitrogen and oxygen atoms in total. The van der Waals surface area contributed by atoms with Gasteiger partial charge in [-0.25, -0.2) is 22.8 Å². The van der Waals surface area contributed by atoms with Gasteiger partial charge in [-0.15, -0.1) is 23.5 Å². The lowest BCUT2D eigenvalue weighted by molar-refractivity contribution is -0.239. The molecule has 1 saturated heterocycles. The molecule has 0 aromatic carbocycles. The molecule has 0 spiro atoms. The van der Waals surface area contributed by atoms with E-state index >= 15 is 8.78 Å². The maximum Gasteiger partial charge on any atom is 0.353 e. The van der Waals surface area contributed by atoms with Crippen LogP contribution in [0.25, 0.3) is 0 Å². The fourth-order valence-corrected chi connectivity index (χ4v) is 10.6. The van der Waals surface area contributed by atoms with Gasteiger partial charge in [0.2, 0.25) is 12.5 Å². The standard InChI is InChI=1S/C26H31F3O6S2/c1-13-8-15-16-10-18(28)17-9-14(30)4-5-23(17,2)25(16,29)19(31)11-24(15,3)26(13,22(33)34-12-27)35-20(32)21-36-6-7-37-21/h4-5,9,13,15-16,18-19,21,31H,6-8,10-12H2,1-3H3/t13-,15?,16?,18+,19+,23+,24+,25+,26+/m1/s1. The SMILES string of the molecule is C[C@@H]1CC2C3C[C@H](F)C4=CC(=O)C=C[C@]4(C)[C@@]3(F)[C@@H](O)C[C@]2(C)[C@@]1(OC(=O)C1SCCS1)C(=O)OCF. The number of halogens is 3. The summed E-state index contributed by atoms with van der Waals surface area (Å²) >= 11 is 2.76. The van der Waals surface area contributed by atoms with Crippen molar-refractivity contribution in [2.24, 2.45) is 28.6 Å². The van der Waals surface area contributed by atoms with Gasteiger partial charge in [0.15, 0.2) is 11.5 Å². The summed E-state index contributed by atoms with van der Waals surface area (Å²) in [6, 6.07) is 0. The van der Waals surface area contributed by atoms with E-state index in [2.05, 4.69) is 0 Å². The molecule has 204 valence electrons. The Bertz CT molecular complexity index is 1080. The number of carbonyl (C=O) groups excluding carboxylic acids is 3. The number of allylic oxidation sites excluding steroid dienone is 4. The predicted molar refractivity (Wildman–Crippen MR) is 133 cm³/mol. The lowest BCUT2D eigenvalue weighted by Crippen LogP contribution is -2.71. The van der Waals surface area contributed by atoms with Crippen molar-refractivity contribution in [3.63, 3.8) is 0 Å². The molecule has 11 heteroatoms. The van der Waals surface area contributed by atoms with Crippen LogP contribution in [0, 0.1) is 28.6 Å². The van der Waals surface area contributed by atoms with Crippen LogP contribution in [0.1, 0.15) is 40.0 Å². The second kappa shape index (κ2) is 9.05. The highest BCUT2D eigenvalue weighted by molar-refractivity contribution is 8.21. The minimum atomic E-state index is -2.34. The zero-order valence-electron chi connectivity index (χ0n) is 20.9. The molecule has 0 aromatic rings. The number of hydrogen-bond acceptors (Lipinski definition) is 8. The number of hydrogen-bond donors (Lipinski definition) is 1. The Balaban J connectivity index is 1.61. The summed E-state index contributed by atoms with van der Waals surface area (Å²) in [5.41, 5.74) is -7.26. The van der Waals surface area contributed by atoms with E-state index in [1.807, 2.05) is 0 Å². The average Bonchev–Trinajstić information content (AvgIpc) is 3.45. The van der Waals surface area contributed by atoms with Crippen molar-refractivity contribution < 1.29 is 42.1 Å². The average molecular weight is 561 g/mol. The molecular weight excluding hydrogens is 529 g/mol. The van der Waals surface area contributed by atoms with Crippen molar-refractivity contribution in [3.05, 3.63) is 23.8 Å². The van der Waals surface area contributed by atoms with Gasteiger partial charge in [-0.2, -0.15) is 0 Å². The van der Waals surface area contributed by atoms with Crippen LogP contribution in [0.2, 0.25) is 0 Å². The molecule has 37 heavy (non-hydrogen) atoms. The van der Waals surface area contributed by atoms with Gasteiger partial charge in [0.05, 0.1) is 6.10 Å². The van der Waals surface area contributed by atoms with Gasteiger partial charge in [0.1, 0.15) is 10.8 Å². The number of carbonyl (C=O) groups is 3. The number of esters is 2. The third-order valence-corrected chi connectivity index (χ3v) is 12.7. The Hall–Kier alpha value is -1.46. The van der Waals surface area contributed by atoms with Gasteiger partial charge in [-0.1, -0.05) is 19.9 Å². The molecule has 1 heterocycles. The van der Waals surface area contributed by atoms with Crippen molar-refractivity contribution in [1.82, 2.24) is 0 Å². The van der Waals surface area contributed by atoms with Crippen LogP contribution in [0.4, 0.5) is 13.2 Å².